The molecule has 0 spiro atoms. The first-order valence-electron chi connectivity index (χ1n) is 6.65. The van der Waals surface area contributed by atoms with Crippen LogP contribution in [0.4, 0.5) is 0 Å². The van der Waals surface area contributed by atoms with Crippen LogP contribution in [0.2, 0.25) is 0 Å². The Hall–Kier alpha value is -1.50. The van der Waals surface area contributed by atoms with Crippen molar-refractivity contribution in [2.45, 2.75) is 19.3 Å². The zero-order valence-electron chi connectivity index (χ0n) is 11.0. The molecule has 1 nitrogen and oxygen atoms in total. The third-order valence-electron chi connectivity index (χ3n) is 3.49. The van der Waals surface area contributed by atoms with Crippen LogP contribution in [-0.2, 0) is 6.42 Å². The fraction of sp³-hybridized carbons (Fsp3) is 0.167. The summed E-state index contributed by atoms with van der Waals surface area (Å²) in [6.45, 7) is 1.99. The van der Waals surface area contributed by atoms with Crippen molar-refractivity contribution in [3.8, 4) is 0 Å². The van der Waals surface area contributed by atoms with Crippen LogP contribution in [0, 0.1) is 38.5 Å². The average molecular weight is 249 g/mol. The fourth-order valence-corrected chi connectivity index (χ4v) is 2.53. The summed E-state index contributed by atoms with van der Waals surface area (Å²) in [5, 5.41) is 0. The van der Waals surface area contributed by atoms with Crippen LogP contribution < -0.4 is 0 Å². The van der Waals surface area contributed by atoms with Gasteiger partial charge in [-0.1, -0.05) is 30.3 Å². The third kappa shape index (κ3) is 2.91. The second-order valence-electron chi connectivity index (χ2n) is 4.90. The summed E-state index contributed by atoms with van der Waals surface area (Å²) in [4.78, 5) is 0. The zero-order chi connectivity index (χ0) is 13.1. The molecule has 95 valence electrons. The second-order valence-corrected chi connectivity index (χ2v) is 4.90. The first-order valence-corrected chi connectivity index (χ1v) is 6.65. The first kappa shape index (κ1) is 12.5. The minimum atomic E-state index is 0.363. The minimum Gasteiger partial charge on any atom is -0.466 e. The van der Waals surface area contributed by atoms with Gasteiger partial charge in [0, 0.05) is 6.42 Å². The molecule has 1 heteroatoms. The topological polar surface area (TPSA) is 13.1 Å². The number of aryl methyl sites for hydroxylation is 1. The maximum atomic E-state index is 5.73. The third-order valence-corrected chi connectivity index (χ3v) is 3.49. The molecule has 5 radical (unpaired) electrons. The molecule has 1 aliphatic carbocycles. The van der Waals surface area contributed by atoms with Crippen molar-refractivity contribution in [2.75, 3.05) is 0 Å². The lowest BCUT2D eigenvalue weighted by Gasteiger charge is -2.22. The molecule has 1 fully saturated rings. The van der Waals surface area contributed by atoms with E-state index in [4.69, 9.17) is 4.42 Å². The first-order chi connectivity index (χ1) is 9.33. The SMILES string of the molecule is Cc1ccc(CC([C]2[CH][CH][CH][CH]2)c2ccccc2)o1. The van der Waals surface area contributed by atoms with Gasteiger partial charge >= 0.3 is 0 Å². The molecule has 0 N–H and O–H groups in total. The van der Waals surface area contributed by atoms with Gasteiger partial charge < -0.3 is 4.42 Å². The Morgan fingerprint density at radius 1 is 0.947 bits per heavy atom. The highest BCUT2D eigenvalue weighted by Crippen LogP contribution is 2.39. The molecule has 3 rings (SSSR count). The van der Waals surface area contributed by atoms with E-state index in [1.54, 1.807) is 0 Å². The predicted molar refractivity (Wildman–Crippen MR) is 76.8 cm³/mol. The van der Waals surface area contributed by atoms with Crippen molar-refractivity contribution in [2.24, 2.45) is 0 Å². The van der Waals surface area contributed by atoms with Gasteiger partial charge in [0.15, 0.2) is 0 Å². The summed E-state index contributed by atoms with van der Waals surface area (Å²) in [5.41, 5.74) is 1.34. The van der Waals surface area contributed by atoms with E-state index < -0.39 is 0 Å². The van der Waals surface area contributed by atoms with Crippen LogP contribution in [0.25, 0.3) is 0 Å². The quantitative estimate of drug-likeness (QED) is 0.786. The molecule has 0 aliphatic heterocycles. The van der Waals surface area contributed by atoms with Gasteiger partial charge in [-0.05, 0) is 62.1 Å². The summed E-state index contributed by atoms with van der Waals surface area (Å²) in [6.07, 6.45) is 9.47. The summed E-state index contributed by atoms with van der Waals surface area (Å²) < 4.78 is 5.73. The van der Waals surface area contributed by atoms with Crippen LogP contribution >= 0.6 is 0 Å². The number of hydrogen-bond acceptors (Lipinski definition) is 1. The largest absolute Gasteiger partial charge is 0.466 e. The molecule has 1 unspecified atom stereocenters. The van der Waals surface area contributed by atoms with Crippen LogP contribution in [0.1, 0.15) is 23.0 Å². The van der Waals surface area contributed by atoms with Crippen LogP contribution in [0.3, 0.4) is 0 Å². The van der Waals surface area contributed by atoms with Crippen molar-refractivity contribution in [1.29, 1.82) is 0 Å². The van der Waals surface area contributed by atoms with Crippen molar-refractivity contribution in [3.63, 3.8) is 0 Å². The molecule has 1 aromatic heterocycles. The Morgan fingerprint density at radius 3 is 2.32 bits per heavy atom. The van der Waals surface area contributed by atoms with Crippen molar-refractivity contribution >= 4 is 0 Å². The van der Waals surface area contributed by atoms with E-state index in [2.05, 4.69) is 62.1 Å². The monoisotopic (exact) mass is 249 g/mol. The second kappa shape index (κ2) is 5.64. The van der Waals surface area contributed by atoms with Gasteiger partial charge in [-0.15, -0.1) is 0 Å². The smallest absolute Gasteiger partial charge is 0.104 e. The number of hydrogen-bond donors (Lipinski definition) is 0. The lowest BCUT2D eigenvalue weighted by Crippen LogP contribution is -2.11. The highest BCUT2D eigenvalue weighted by molar-refractivity contribution is 5.43. The fourth-order valence-electron chi connectivity index (χ4n) is 2.53. The van der Waals surface area contributed by atoms with Gasteiger partial charge in [0.05, 0.1) is 0 Å². The molecule has 1 aromatic carbocycles. The number of furan rings is 1. The standard InChI is InChI=1S/C18H17O/c1-14-11-12-17(19-14)13-18(16-9-5-6-10-16)15-7-3-2-4-8-15/h2-12,18H,13H2,1H3. The molecule has 1 atom stereocenters. The van der Waals surface area contributed by atoms with Crippen LogP contribution in [-0.4, -0.2) is 0 Å². The van der Waals surface area contributed by atoms with Gasteiger partial charge in [0.1, 0.15) is 11.5 Å². The highest BCUT2D eigenvalue weighted by Gasteiger charge is 2.28. The summed E-state index contributed by atoms with van der Waals surface area (Å²) >= 11 is 0. The summed E-state index contributed by atoms with van der Waals surface area (Å²) in [5.74, 6) is 3.74. The Kier molecular flexibility index (Phi) is 3.72. The maximum absolute atomic E-state index is 5.73. The summed E-state index contributed by atoms with van der Waals surface area (Å²) in [6, 6.07) is 14.7. The lowest BCUT2D eigenvalue weighted by atomic mass is 9.82. The normalized spacial score (nSPS) is 17.7. The zero-order valence-corrected chi connectivity index (χ0v) is 11.0. The molecule has 2 aromatic rings. The van der Waals surface area contributed by atoms with E-state index in [0.29, 0.717) is 5.92 Å². The van der Waals surface area contributed by atoms with Gasteiger partial charge in [-0.25, -0.2) is 0 Å². The van der Waals surface area contributed by atoms with Gasteiger partial charge in [-0.2, -0.15) is 0 Å². The molecule has 0 bridgehead atoms. The van der Waals surface area contributed by atoms with E-state index in [1.165, 1.54) is 11.5 Å². The minimum absolute atomic E-state index is 0.363. The van der Waals surface area contributed by atoms with Crippen molar-refractivity contribution in [3.05, 3.63) is 91.1 Å². The molecule has 1 aliphatic rings. The molecule has 1 heterocycles. The van der Waals surface area contributed by atoms with Gasteiger partial charge in [-0.3, -0.25) is 0 Å². The van der Waals surface area contributed by atoms with E-state index in [-0.39, 0.29) is 0 Å². The Morgan fingerprint density at radius 2 is 1.68 bits per heavy atom. The average Bonchev–Trinajstić information content (AvgIpc) is 3.08. The lowest BCUT2D eigenvalue weighted by molar-refractivity contribution is 0.469. The van der Waals surface area contributed by atoms with E-state index >= 15 is 0 Å². The Balaban J connectivity index is 1.83. The highest BCUT2D eigenvalue weighted by atomic mass is 16.3. The molecular weight excluding hydrogens is 232 g/mol. The van der Waals surface area contributed by atoms with E-state index in [9.17, 15) is 0 Å². The summed E-state index contributed by atoms with van der Waals surface area (Å²) in [7, 11) is 0. The predicted octanol–water partition coefficient (Wildman–Crippen LogP) is 4.32. The van der Waals surface area contributed by atoms with Crippen LogP contribution in [0.5, 0.6) is 0 Å². The molecular formula is C18H17O. The molecule has 1 saturated carbocycles. The van der Waals surface area contributed by atoms with Crippen molar-refractivity contribution < 1.29 is 4.42 Å². The van der Waals surface area contributed by atoms with E-state index in [1.807, 2.05) is 13.0 Å². The van der Waals surface area contributed by atoms with Gasteiger partial charge in [0.2, 0.25) is 0 Å². The number of rotatable bonds is 4. The van der Waals surface area contributed by atoms with Crippen molar-refractivity contribution in [1.82, 2.24) is 0 Å². The Labute approximate surface area is 115 Å². The Bertz CT molecular complexity index is 505. The maximum Gasteiger partial charge on any atom is 0.104 e. The molecule has 0 amide bonds. The number of benzene rings is 1. The van der Waals surface area contributed by atoms with Crippen LogP contribution in [0.15, 0.2) is 46.9 Å². The van der Waals surface area contributed by atoms with E-state index in [0.717, 1.165) is 17.9 Å². The van der Waals surface area contributed by atoms with Gasteiger partial charge in [0.25, 0.3) is 0 Å². The molecule has 0 saturated heterocycles. The molecule has 19 heavy (non-hydrogen) atoms.